The van der Waals surface area contributed by atoms with E-state index in [-0.39, 0.29) is 6.10 Å². The summed E-state index contributed by atoms with van der Waals surface area (Å²) in [6.07, 6.45) is 4.58. The normalized spacial score (nSPS) is 37.6. The lowest BCUT2D eigenvalue weighted by atomic mass is 10.1. The van der Waals surface area contributed by atoms with Crippen LogP contribution in [0.2, 0.25) is 0 Å². The van der Waals surface area contributed by atoms with E-state index in [1.54, 1.807) is 0 Å². The molecule has 3 nitrogen and oxygen atoms in total. The standard InChI is InChI=1S/C10H20N2O/c13-10-4-1-3-9(10)12-7-2-5-11-6-8-12/h9-11,13H,1-8H2/t9-,10-/m1/s1. The van der Waals surface area contributed by atoms with Crippen LogP contribution in [0.15, 0.2) is 0 Å². The van der Waals surface area contributed by atoms with Gasteiger partial charge in [-0.25, -0.2) is 0 Å². The zero-order valence-corrected chi connectivity index (χ0v) is 8.21. The van der Waals surface area contributed by atoms with Crippen LogP contribution in [0.4, 0.5) is 0 Å². The van der Waals surface area contributed by atoms with Crippen molar-refractivity contribution in [2.24, 2.45) is 0 Å². The molecule has 3 heteroatoms. The predicted molar refractivity (Wildman–Crippen MR) is 52.7 cm³/mol. The van der Waals surface area contributed by atoms with Crippen molar-refractivity contribution in [2.45, 2.75) is 37.8 Å². The largest absolute Gasteiger partial charge is 0.391 e. The number of nitrogens with one attached hydrogen (secondary N) is 1. The highest BCUT2D eigenvalue weighted by molar-refractivity contribution is 4.86. The van der Waals surface area contributed by atoms with Gasteiger partial charge < -0.3 is 10.4 Å². The van der Waals surface area contributed by atoms with Crippen molar-refractivity contribution in [1.29, 1.82) is 0 Å². The Balaban J connectivity index is 1.89. The van der Waals surface area contributed by atoms with Crippen LogP contribution >= 0.6 is 0 Å². The molecule has 1 heterocycles. The molecule has 2 atom stereocenters. The Morgan fingerprint density at radius 2 is 2.00 bits per heavy atom. The van der Waals surface area contributed by atoms with Gasteiger partial charge in [0.25, 0.3) is 0 Å². The van der Waals surface area contributed by atoms with Gasteiger partial charge in [0, 0.05) is 19.1 Å². The fourth-order valence-corrected chi connectivity index (χ4v) is 2.55. The van der Waals surface area contributed by atoms with E-state index < -0.39 is 0 Å². The molecule has 0 amide bonds. The van der Waals surface area contributed by atoms with Crippen molar-refractivity contribution >= 4 is 0 Å². The number of aliphatic hydroxyl groups is 1. The first-order valence-electron chi connectivity index (χ1n) is 5.51. The molecule has 1 saturated carbocycles. The fraction of sp³-hybridized carbons (Fsp3) is 1.00. The van der Waals surface area contributed by atoms with Gasteiger partial charge in [-0.2, -0.15) is 0 Å². The van der Waals surface area contributed by atoms with Crippen LogP contribution in [0.25, 0.3) is 0 Å². The van der Waals surface area contributed by atoms with Crippen LogP contribution < -0.4 is 5.32 Å². The monoisotopic (exact) mass is 184 g/mol. The van der Waals surface area contributed by atoms with E-state index in [1.165, 1.54) is 19.3 Å². The fourth-order valence-electron chi connectivity index (χ4n) is 2.55. The molecule has 0 aromatic carbocycles. The molecule has 1 aliphatic carbocycles. The molecule has 0 radical (unpaired) electrons. The van der Waals surface area contributed by atoms with Crippen molar-refractivity contribution in [3.63, 3.8) is 0 Å². The molecule has 2 fully saturated rings. The third-order valence-electron chi connectivity index (χ3n) is 3.29. The molecule has 0 aromatic heterocycles. The van der Waals surface area contributed by atoms with Crippen LogP contribution in [-0.2, 0) is 0 Å². The first kappa shape index (κ1) is 9.44. The van der Waals surface area contributed by atoms with E-state index in [0.717, 1.165) is 32.6 Å². The highest BCUT2D eigenvalue weighted by atomic mass is 16.3. The molecule has 1 saturated heterocycles. The molecule has 0 bridgehead atoms. The maximum Gasteiger partial charge on any atom is 0.0695 e. The minimum Gasteiger partial charge on any atom is -0.391 e. The van der Waals surface area contributed by atoms with E-state index in [0.29, 0.717) is 6.04 Å². The SMILES string of the molecule is O[C@@H]1CCC[C@H]1N1CCCNCC1. The van der Waals surface area contributed by atoms with Gasteiger partial charge in [0.1, 0.15) is 0 Å². The zero-order chi connectivity index (χ0) is 9.10. The number of nitrogens with zero attached hydrogens (tertiary/aromatic N) is 1. The van der Waals surface area contributed by atoms with Gasteiger partial charge in [0.15, 0.2) is 0 Å². The molecule has 2 rings (SSSR count). The van der Waals surface area contributed by atoms with E-state index in [2.05, 4.69) is 10.2 Å². The smallest absolute Gasteiger partial charge is 0.0695 e. The molecule has 1 aliphatic heterocycles. The van der Waals surface area contributed by atoms with E-state index >= 15 is 0 Å². The first-order valence-corrected chi connectivity index (χ1v) is 5.51. The molecular formula is C10H20N2O. The summed E-state index contributed by atoms with van der Waals surface area (Å²) in [6.45, 7) is 4.50. The van der Waals surface area contributed by atoms with Gasteiger partial charge >= 0.3 is 0 Å². The quantitative estimate of drug-likeness (QED) is 0.611. The Morgan fingerprint density at radius 1 is 1.08 bits per heavy atom. The first-order chi connectivity index (χ1) is 6.38. The summed E-state index contributed by atoms with van der Waals surface area (Å²) in [4.78, 5) is 2.47. The molecule has 2 aliphatic rings. The van der Waals surface area contributed by atoms with Crippen molar-refractivity contribution in [2.75, 3.05) is 26.2 Å². The molecule has 76 valence electrons. The van der Waals surface area contributed by atoms with E-state index in [9.17, 15) is 5.11 Å². The van der Waals surface area contributed by atoms with Gasteiger partial charge in [0.2, 0.25) is 0 Å². The second-order valence-corrected chi connectivity index (χ2v) is 4.21. The summed E-state index contributed by atoms with van der Waals surface area (Å²) in [5, 5.41) is 13.2. The van der Waals surface area contributed by atoms with E-state index in [4.69, 9.17) is 0 Å². The lowest BCUT2D eigenvalue weighted by molar-refractivity contribution is 0.0747. The molecule has 0 spiro atoms. The van der Waals surface area contributed by atoms with E-state index in [1.807, 2.05) is 0 Å². The lowest BCUT2D eigenvalue weighted by Crippen LogP contribution is -2.42. The Morgan fingerprint density at radius 3 is 2.77 bits per heavy atom. The third-order valence-corrected chi connectivity index (χ3v) is 3.29. The third kappa shape index (κ3) is 2.22. The zero-order valence-electron chi connectivity index (χ0n) is 8.21. The van der Waals surface area contributed by atoms with Crippen LogP contribution in [0, 0.1) is 0 Å². The second-order valence-electron chi connectivity index (χ2n) is 4.21. The van der Waals surface area contributed by atoms with Gasteiger partial charge in [-0.3, -0.25) is 4.90 Å². The molecule has 0 aromatic rings. The van der Waals surface area contributed by atoms with Crippen molar-refractivity contribution in [3.05, 3.63) is 0 Å². The molecule has 0 unspecified atom stereocenters. The average Bonchev–Trinajstić information content (AvgIpc) is 2.43. The topological polar surface area (TPSA) is 35.5 Å². The van der Waals surface area contributed by atoms with Gasteiger partial charge in [-0.1, -0.05) is 0 Å². The Bertz CT molecular complexity index is 155. The minimum atomic E-state index is -0.0573. The highest BCUT2D eigenvalue weighted by Gasteiger charge is 2.30. The molecule has 2 N–H and O–H groups in total. The number of aliphatic hydroxyl groups excluding tert-OH is 1. The summed E-state index contributed by atoms with van der Waals surface area (Å²) >= 11 is 0. The number of hydrogen-bond acceptors (Lipinski definition) is 3. The van der Waals surface area contributed by atoms with Crippen LogP contribution in [0.1, 0.15) is 25.7 Å². The van der Waals surface area contributed by atoms with Crippen LogP contribution in [0.5, 0.6) is 0 Å². The van der Waals surface area contributed by atoms with Crippen molar-refractivity contribution < 1.29 is 5.11 Å². The number of rotatable bonds is 1. The maximum absolute atomic E-state index is 9.77. The van der Waals surface area contributed by atoms with Crippen LogP contribution in [0.3, 0.4) is 0 Å². The minimum absolute atomic E-state index is 0.0573. The van der Waals surface area contributed by atoms with Gasteiger partial charge in [0.05, 0.1) is 6.10 Å². The Kier molecular flexibility index (Phi) is 3.19. The average molecular weight is 184 g/mol. The maximum atomic E-state index is 9.77. The molecular weight excluding hydrogens is 164 g/mol. The van der Waals surface area contributed by atoms with Gasteiger partial charge in [-0.15, -0.1) is 0 Å². The molecule has 13 heavy (non-hydrogen) atoms. The highest BCUT2D eigenvalue weighted by Crippen LogP contribution is 2.24. The Labute approximate surface area is 80.1 Å². The van der Waals surface area contributed by atoms with Gasteiger partial charge in [-0.05, 0) is 38.8 Å². The Hall–Kier alpha value is -0.120. The summed E-state index contributed by atoms with van der Waals surface area (Å²) in [7, 11) is 0. The summed E-state index contributed by atoms with van der Waals surface area (Å²) in [5.74, 6) is 0. The summed E-state index contributed by atoms with van der Waals surface area (Å²) in [5.41, 5.74) is 0. The van der Waals surface area contributed by atoms with Crippen molar-refractivity contribution in [1.82, 2.24) is 10.2 Å². The van der Waals surface area contributed by atoms with Crippen molar-refractivity contribution in [3.8, 4) is 0 Å². The summed E-state index contributed by atoms with van der Waals surface area (Å²) in [6, 6.07) is 0.458. The van der Waals surface area contributed by atoms with Crippen LogP contribution in [-0.4, -0.2) is 48.3 Å². The second kappa shape index (κ2) is 4.40. The number of hydrogen-bond donors (Lipinski definition) is 2. The predicted octanol–water partition coefficient (Wildman–Crippen LogP) is 0.195. The summed E-state index contributed by atoms with van der Waals surface area (Å²) < 4.78 is 0. The lowest BCUT2D eigenvalue weighted by Gasteiger charge is -2.29.